The van der Waals surface area contributed by atoms with Crippen molar-refractivity contribution < 1.29 is 14.5 Å². The summed E-state index contributed by atoms with van der Waals surface area (Å²) in [7, 11) is 1.91. The average Bonchev–Trinajstić information content (AvgIpc) is 2.98. The SMILES string of the molecule is C[n+]1ccn(C(=O)N2CCC3(C)c4cccc(O)c4CC2C3(C)C)c1. The van der Waals surface area contributed by atoms with E-state index in [1.165, 1.54) is 5.56 Å². The Labute approximate surface area is 148 Å². The van der Waals surface area contributed by atoms with Gasteiger partial charge in [0.1, 0.15) is 18.1 Å². The number of phenolic OH excluding ortho intramolecular Hbond substituents is 1. The van der Waals surface area contributed by atoms with Gasteiger partial charge in [-0.15, -0.1) is 0 Å². The van der Waals surface area contributed by atoms with Crippen LogP contribution in [0.4, 0.5) is 4.79 Å². The number of benzene rings is 1. The second-order valence-corrected chi connectivity index (χ2v) is 8.29. The number of carbonyl (C=O) groups is 1. The lowest BCUT2D eigenvalue weighted by atomic mass is 9.51. The largest absolute Gasteiger partial charge is 0.508 e. The maximum atomic E-state index is 13.1. The van der Waals surface area contributed by atoms with Gasteiger partial charge in [-0.2, -0.15) is 4.57 Å². The molecule has 1 N–H and O–H groups in total. The summed E-state index contributed by atoms with van der Waals surface area (Å²) in [6, 6.07) is 5.92. The summed E-state index contributed by atoms with van der Waals surface area (Å²) in [5.74, 6) is 0.353. The average molecular weight is 340 g/mol. The summed E-state index contributed by atoms with van der Waals surface area (Å²) in [4.78, 5) is 15.1. The second-order valence-electron chi connectivity index (χ2n) is 8.29. The van der Waals surface area contributed by atoms with Crippen molar-refractivity contribution in [1.29, 1.82) is 0 Å². The highest BCUT2D eigenvalue weighted by atomic mass is 16.3. The molecule has 1 aromatic carbocycles. The number of carbonyl (C=O) groups excluding carboxylic acids is 1. The first-order valence-corrected chi connectivity index (χ1v) is 8.91. The normalized spacial score (nSPS) is 27.0. The van der Waals surface area contributed by atoms with Crippen molar-refractivity contribution in [2.75, 3.05) is 6.54 Å². The molecule has 2 bridgehead atoms. The van der Waals surface area contributed by atoms with Crippen LogP contribution in [0.1, 0.15) is 38.3 Å². The van der Waals surface area contributed by atoms with E-state index in [0.717, 1.165) is 18.5 Å². The number of piperidine rings is 1. The number of phenols is 1. The number of aromatic hydroxyl groups is 1. The zero-order valence-electron chi connectivity index (χ0n) is 15.4. The molecule has 1 saturated heterocycles. The molecule has 0 saturated carbocycles. The smallest absolute Gasteiger partial charge is 0.416 e. The fourth-order valence-electron chi connectivity index (χ4n) is 4.87. The number of nitrogens with zero attached hydrogens (tertiary/aromatic N) is 3. The van der Waals surface area contributed by atoms with E-state index in [9.17, 15) is 9.90 Å². The van der Waals surface area contributed by atoms with E-state index < -0.39 is 0 Å². The van der Waals surface area contributed by atoms with Crippen molar-refractivity contribution in [3.63, 3.8) is 0 Å². The molecule has 132 valence electrons. The van der Waals surface area contributed by atoms with Gasteiger partial charge in [-0.05, 0) is 35.4 Å². The van der Waals surface area contributed by atoms with Gasteiger partial charge in [0.25, 0.3) is 6.33 Å². The number of hydrogen-bond donors (Lipinski definition) is 1. The van der Waals surface area contributed by atoms with E-state index in [2.05, 4.69) is 26.8 Å². The highest BCUT2D eigenvalue weighted by molar-refractivity contribution is 5.77. The summed E-state index contributed by atoms with van der Waals surface area (Å²) in [6.45, 7) is 7.55. The maximum Gasteiger partial charge on any atom is 0.416 e. The Bertz CT molecular complexity index is 854. The van der Waals surface area contributed by atoms with Crippen molar-refractivity contribution in [3.05, 3.63) is 48.0 Å². The van der Waals surface area contributed by atoms with Crippen LogP contribution in [0.25, 0.3) is 0 Å². The zero-order valence-corrected chi connectivity index (χ0v) is 15.4. The molecule has 1 fully saturated rings. The summed E-state index contributed by atoms with van der Waals surface area (Å²) in [5.41, 5.74) is 2.12. The third kappa shape index (κ3) is 2.08. The molecule has 0 radical (unpaired) electrons. The van der Waals surface area contributed by atoms with Crippen molar-refractivity contribution in [2.24, 2.45) is 12.5 Å². The molecule has 2 aromatic rings. The molecule has 2 unspecified atom stereocenters. The van der Waals surface area contributed by atoms with Gasteiger partial charge in [0.15, 0.2) is 0 Å². The van der Waals surface area contributed by atoms with E-state index in [0.29, 0.717) is 12.2 Å². The second kappa shape index (κ2) is 5.10. The van der Waals surface area contributed by atoms with Gasteiger partial charge in [0.2, 0.25) is 0 Å². The predicted octanol–water partition coefficient (Wildman–Crippen LogP) is 2.60. The lowest BCUT2D eigenvalue weighted by Gasteiger charge is -2.60. The van der Waals surface area contributed by atoms with Crippen LogP contribution in [0.2, 0.25) is 0 Å². The molecule has 1 amide bonds. The van der Waals surface area contributed by atoms with Crippen LogP contribution in [0, 0.1) is 5.41 Å². The topological polar surface area (TPSA) is 49.3 Å². The van der Waals surface area contributed by atoms with Gasteiger partial charge in [-0.1, -0.05) is 32.9 Å². The number of amides is 1. The highest BCUT2D eigenvalue weighted by Crippen LogP contribution is 2.57. The first-order chi connectivity index (χ1) is 11.8. The Kier molecular flexibility index (Phi) is 3.30. The van der Waals surface area contributed by atoms with Crippen LogP contribution in [-0.4, -0.2) is 33.2 Å². The molecule has 25 heavy (non-hydrogen) atoms. The Morgan fingerprint density at radius 3 is 2.76 bits per heavy atom. The molecule has 4 rings (SSSR count). The summed E-state index contributed by atoms with van der Waals surface area (Å²) < 4.78 is 3.53. The Hall–Kier alpha value is -2.30. The van der Waals surface area contributed by atoms with Gasteiger partial charge >= 0.3 is 6.03 Å². The Balaban J connectivity index is 1.80. The van der Waals surface area contributed by atoms with Crippen LogP contribution < -0.4 is 4.57 Å². The van der Waals surface area contributed by atoms with Crippen LogP contribution in [-0.2, 0) is 18.9 Å². The molecular weight excluding hydrogens is 314 g/mol. The van der Waals surface area contributed by atoms with Gasteiger partial charge in [-0.25, -0.2) is 9.36 Å². The summed E-state index contributed by atoms with van der Waals surface area (Å²) in [6.07, 6.45) is 7.07. The number of imidazole rings is 1. The fourth-order valence-corrected chi connectivity index (χ4v) is 4.87. The van der Waals surface area contributed by atoms with Crippen LogP contribution in [0.3, 0.4) is 0 Å². The molecule has 1 aliphatic heterocycles. The lowest BCUT2D eigenvalue weighted by Crippen LogP contribution is -2.65. The summed E-state index contributed by atoms with van der Waals surface area (Å²) in [5, 5.41) is 10.4. The van der Waals surface area contributed by atoms with Crippen LogP contribution >= 0.6 is 0 Å². The van der Waals surface area contributed by atoms with Crippen LogP contribution in [0.5, 0.6) is 5.75 Å². The molecule has 1 aliphatic carbocycles. The van der Waals surface area contributed by atoms with E-state index in [-0.39, 0.29) is 22.9 Å². The molecule has 0 spiro atoms. The van der Waals surface area contributed by atoms with E-state index >= 15 is 0 Å². The molecule has 1 aromatic heterocycles. The molecular formula is C20H26N3O2+. The number of hydrogen-bond acceptors (Lipinski definition) is 2. The van der Waals surface area contributed by atoms with Crippen molar-refractivity contribution in [2.45, 2.75) is 45.1 Å². The molecule has 2 heterocycles. The molecule has 2 atom stereocenters. The van der Waals surface area contributed by atoms with Crippen molar-refractivity contribution in [3.8, 4) is 5.75 Å². The molecule has 5 nitrogen and oxygen atoms in total. The quantitative estimate of drug-likeness (QED) is 0.750. The molecule has 5 heteroatoms. The maximum absolute atomic E-state index is 13.1. The lowest BCUT2D eigenvalue weighted by molar-refractivity contribution is -0.670. The number of rotatable bonds is 0. The minimum absolute atomic E-state index is 0.0135. The minimum atomic E-state index is -0.0724. The first-order valence-electron chi connectivity index (χ1n) is 8.91. The molecule has 2 aliphatic rings. The Morgan fingerprint density at radius 1 is 1.32 bits per heavy atom. The van der Waals surface area contributed by atoms with Crippen LogP contribution in [0.15, 0.2) is 36.9 Å². The third-order valence-electron chi connectivity index (χ3n) is 6.86. The highest BCUT2D eigenvalue weighted by Gasteiger charge is 2.57. The monoisotopic (exact) mass is 340 g/mol. The predicted molar refractivity (Wildman–Crippen MR) is 94.5 cm³/mol. The van der Waals surface area contributed by atoms with Gasteiger partial charge in [-0.3, -0.25) is 0 Å². The zero-order chi connectivity index (χ0) is 18.0. The third-order valence-corrected chi connectivity index (χ3v) is 6.86. The summed E-state index contributed by atoms with van der Waals surface area (Å²) >= 11 is 0. The minimum Gasteiger partial charge on any atom is -0.508 e. The number of aromatic nitrogens is 2. The first kappa shape index (κ1) is 16.2. The van der Waals surface area contributed by atoms with E-state index in [1.807, 2.05) is 28.8 Å². The van der Waals surface area contributed by atoms with Crippen molar-refractivity contribution >= 4 is 6.03 Å². The number of aryl methyl sites for hydroxylation is 1. The number of likely N-dealkylation sites (tertiary alicyclic amines) is 1. The fraction of sp³-hybridized carbons (Fsp3) is 0.500. The number of fused-ring (bicyclic) bond motifs is 4. The van der Waals surface area contributed by atoms with Gasteiger partial charge in [0.05, 0.1) is 7.05 Å². The van der Waals surface area contributed by atoms with E-state index in [4.69, 9.17) is 0 Å². The standard InChI is InChI=1S/C20H25N3O2/c1-19(2)17-12-14-15(6-5-7-16(14)24)20(19,3)8-9-23(17)18(25)22-11-10-21(4)13-22/h5-7,10-11,13,17H,8-9,12H2,1-4H3/p+1. The Morgan fingerprint density at radius 2 is 2.08 bits per heavy atom. The van der Waals surface area contributed by atoms with Gasteiger partial charge in [0, 0.05) is 18.0 Å². The van der Waals surface area contributed by atoms with Gasteiger partial charge < -0.3 is 10.0 Å². The van der Waals surface area contributed by atoms with E-state index in [1.54, 1.807) is 23.2 Å². The van der Waals surface area contributed by atoms with Crippen molar-refractivity contribution in [1.82, 2.24) is 9.47 Å².